The number of benzene rings is 1. The van der Waals surface area contributed by atoms with Crippen LogP contribution in [0.1, 0.15) is 30.4 Å². The van der Waals surface area contributed by atoms with Crippen LogP contribution in [0, 0.1) is 12.8 Å². The predicted molar refractivity (Wildman–Crippen MR) is 97.4 cm³/mol. The number of aryl methyl sites for hydroxylation is 1. The van der Waals surface area contributed by atoms with Crippen molar-refractivity contribution in [2.24, 2.45) is 5.92 Å². The molecular formula is C20H19BrO3. The molecule has 0 radical (unpaired) electrons. The molecule has 0 heterocycles. The Hall–Kier alpha value is -1.94. The number of halogens is 1. The molecule has 0 saturated carbocycles. The Balaban J connectivity index is 2.28. The molecule has 3 atom stereocenters. The van der Waals surface area contributed by atoms with Crippen molar-refractivity contribution in [2.75, 3.05) is 0 Å². The van der Waals surface area contributed by atoms with Gasteiger partial charge in [0.05, 0.1) is 0 Å². The quantitative estimate of drug-likeness (QED) is 0.776. The Labute approximate surface area is 149 Å². The van der Waals surface area contributed by atoms with Crippen LogP contribution in [0.15, 0.2) is 54.2 Å². The number of hydrogen-bond acceptors (Lipinski definition) is 3. The smallest absolute Gasteiger partial charge is 0.174 e. The van der Waals surface area contributed by atoms with Crippen molar-refractivity contribution in [2.45, 2.75) is 30.5 Å². The number of para-hydroxylation sites is 1. The largest absolute Gasteiger partial charge is 0.507 e. The first-order valence-corrected chi connectivity index (χ1v) is 8.68. The highest BCUT2D eigenvalue weighted by Crippen LogP contribution is 2.55. The topological polar surface area (TPSA) is 54.4 Å². The molecule has 3 nitrogen and oxygen atoms in total. The van der Waals surface area contributed by atoms with E-state index in [2.05, 4.69) is 22.5 Å². The lowest BCUT2D eigenvalue weighted by molar-refractivity contribution is -0.128. The third-order valence-electron chi connectivity index (χ3n) is 5.10. The van der Waals surface area contributed by atoms with Crippen LogP contribution in [0.3, 0.4) is 0 Å². The van der Waals surface area contributed by atoms with Crippen LogP contribution >= 0.6 is 15.9 Å². The molecular weight excluding hydrogens is 368 g/mol. The number of fused-ring (bicyclic) bond motifs is 1. The number of ketones is 2. The molecule has 1 aromatic carbocycles. The summed E-state index contributed by atoms with van der Waals surface area (Å²) in [5.41, 5.74) is 2.70. The van der Waals surface area contributed by atoms with Crippen molar-refractivity contribution in [3.63, 3.8) is 0 Å². The van der Waals surface area contributed by atoms with E-state index in [-0.39, 0.29) is 17.3 Å². The van der Waals surface area contributed by atoms with E-state index in [1.165, 1.54) is 6.08 Å². The third-order valence-corrected chi connectivity index (χ3v) is 6.50. The molecule has 0 bridgehead atoms. The number of carbonyl (C=O) groups is 2. The Morgan fingerprint density at radius 1 is 1.33 bits per heavy atom. The van der Waals surface area contributed by atoms with Crippen molar-refractivity contribution in [3.8, 4) is 5.75 Å². The van der Waals surface area contributed by atoms with Gasteiger partial charge in [-0.3, -0.25) is 9.59 Å². The Kier molecular flexibility index (Phi) is 4.12. The van der Waals surface area contributed by atoms with Crippen molar-refractivity contribution in [1.82, 2.24) is 0 Å². The summed E-state index contributed by atoms with van der Waals surface area (Å²) in [6.45, 7) is 7.35. The molecule has 124 valence electrons. The summed E-state index contributed by atoms with van der Waals surface area (Å²) < 4.78 is -1.09. The van der Waals surface area contributed by atoms with E-state index in [0.29, 0.717) is 17.6 Å². The number of rotatable bonds is 2. The van der Waals surface area contributed by atoms with Crippen LogP contribution in [0.25, 0.3) is 0 Å². The summed E-state index contributed by atoms with van der Waals surface area (Å²) in [4.78, 5) is 25.6. The lowest BCUT2D eigenvalue weighted by Crippen LogP contribution is -2.52. The maximum Gasteiger partial charge on any atom is 0.174 e. The zero-order valence-corrected chi connectivity index (χ0v) is 15.3. The Bertz CT molecular complexity index is 818. The fraction of sp³-hybridized carbons (Fsp3) is 0.300. The summed E-state index contributed by atoms with van der Waals surface area (Å²) in [5, 5.41) is 10.6. The van der Waals surface area contributed by atoms with E-state index in [4.69, 9.17) is 0 Å². The molecule has 2 aliphatic rings. The monoisotopic (exact) mass is 386 g/mol. The van der Waals surface area contributed by atoms with Crippen LogP contribution in [0.4, 0.5) is 0 Å². The van der Waals surface area contributed by atoms with E-state index in [9.17, 15) is 14.7 Å². The average Bonchev–Trinajstić information content (AvgIpc) is 2.55. The number of Topliss-reactive ketones (excluding diaryl/α,β-unsaturated/α-hetero) is 1. The molecule has 0 saturated heterocycles. The average molecular weight is 387 g/mol. The van der Waals surface area contributed by atoms with Gasteiger partial charge in [0, 0.05) is 17.4 Å². The number of hydrogen-bond donors (Lipinski definition) is 1. The SMILES string of the molecule is C=CC1=CCC2C(=O)C(C)=CC(=O)C2(Br)C1c1cccc(C)c1O. The molecule has 2 aliphatic carbocycles. The maximum atomic E-state index is 12.9. The number of phenolic OH excluding ortho intramolecular Hbond substituents is 1. The first-order chi connectivity index (χ1) is 11.3. The number of aromatic hydroxyl groups is 1. The zero-order chi connectivity index (χ0) is 17.6. The molecule has 0 amide bonds. The van der Waals surface area contributed by atoms with E-state index < -0.39 is 16.2 Å². The van der Waals surface area contributed by atoms with Crippen LogP contribution < -0.4 is 0 Å². The molecule has 1 aromatic rings. The summed E-state index contributed by atoms with van der Waals surface area (Å²) in [5.74, 6) is -0.953. The van der Waals surface area contributed by atoms with Gasteiger partial charge in [-0.15, -0.1) is 0 Å². The van der Waals surface area contributed by atoms with Crippen molar-refractivity contribution < 1.29 is 14.7 Å². The van der Waals surface area contributed by atoms with Gasteiger partial charge in [0.2, 0.25) is 0 Å². The standard InChI is InChI=1S/C20H19BrO3/c1-4-13-8-9-15-19(24)12(3)10-16(22)20(15,21)17(13)14-7-5-6-11(2)18(14)23/h4-8,10,15,17,23H,1,9H2,2-3H3. The molecule has 3 rings (SSSR count). The molecule has 4 heteroatoms. The molecule has 0 aliphatic heterocycles. The van der Waals surface area contributed by atoms with Gasteiger partial charge in [-0.1, -0.05) is 52.9 Å². The van der Waals surface area contributed by atoms with E-state index in [1.807, 2.05) is 25.1 Å². The molecule has 0 fully saturated rings. The van der Waals surface area contributed by atoms with Crippen LogP contribution in [-0.2, 0) is 9.59 Å². The number of phenols is 1. The fourth-order valence-corrected chi connectivity index (χ4v) is 4.79. The van der Waals surface area contributed by atoms with Crippen molar-refractivity contribution >= 4 is 27.5 Å². The number of allylic oxidation sites excluding steroid dienone is 5. The first-order valence-electron chi connectivity index (χ1n) is 7.89. The second-order valence-electron chi connectivity index (χ2n) is 6.47. The summed E-state index contributed by atoms with van der Waals surface area (Å²) in [6.07, 6.45) is 5.55. The van der Waals surface area contributed by atoms with Gasteiger partial charge in [0.25, 0.3) is 0 Å². The molecule has 0 aromatic heterocycles. The summed E-state index contributed by atoms with van der Waals surface area (Å²) in [7, 11) is 0. The minimum atomic E-state index is -1.09. The molecule has 1 N–H and O–H groups in total. The van der Waals surface area contributed by atoms with Gasteiger partial charge < -0.3 is 5.11 Å². The van der Waals surface area contributed by atoms with Gasteiger partial charge in [0.15, 0.2) is 11.6 Å². The van der Waals surface area contributed by atoms with Crippen molar-refractivity contribution in [1.29, 1.82) is 0 Å². The van der Waals surface area contributed by atoms with Gasteiger partial charge >= 0.3 is 0 Å². The number of alkyl halides is 1. The third kappa shape index (κ3) is 2.24. The Morgan fingerprint density at radius 3 is 2.71 bits per heavy atom. The summed E-state index contributed by atoms with van der Waals surface area (Å²) >= 11 is 3.63. The highest BCUT2D eigenvalue weighted by atomic mass is 79.9. The lowest BCUT2D eigenvalue weighted by atomic mass is 9.62. The highest BCUT2D eigenvalue weighted by Gasteiger charge is 2.56. The highest BCUT2D eigenvalue weighted by molar-refractivity contribution is 9.10. The zero-order valence-electron chi connectivity index (χ0n) is 13.7. The van der Waals surface area contributed by atoms with Crippen LogP contribution in [-0.4, -0.2) is 21.0 Å². The van der Waals surface area contributed by atoms with Crippen molar-refractivity contribution in [3.05, 3.63) is 65.3 Å². The fourth-order valence-electron chi connectivity index (χ4n) is 3.77. The molecule has 24 heavy (non-hydrogen) atoms. The second-order valence-corrected chi connectivity index (χ2v) is 7.78. The van der Waals surface area contributed by atoms with E-state index in [1.54, 1.807) is 19.1 Å². The van der Waals surface area contributed by atoms with Crippen LogP contribution in [0.2, 0.25) is 0 Å². The number of carbonyl (C=O) groups excluding carboxylic acids is 2. The van der Waals surface area contributed by atoms with Gasteiger partial charge in [-0.05, 0) is 43.1 Å². The second kappa shape index (κ2) is 5.85. The van der Waals surface area contributed by atoms with Crippen LogP contribution in [0.5, 0.6) is 5.75 Å². The Morgan fingerprint density at radius 2 is 2.04 bits per heavy atom. The molecule has 3 unspecified atom stereocenters. The summed E-state index contributed by atoms with van der Waals surface area (Å²) in [6, 6.07) is 5.47. The molecule has 0 spiro atoms. The van der Waals surface area contributed by atoms with E-state index >= 15 is 0 Å². The maximum absolute atomic E-state index is 12.9. The lowest BCUT2D eigenvalue weighted by Gasteiger charge is -2.45. The normalized spacial score (nSPS) is 29.6. The first kappa shape index (κ1) is 16.9. The van der Waals surface area contributed by atoms with Gasteiger partial charge in [-0.2, -0.15) is 0 Å². The predicted octanol–water partition coefficient (Wildman–Crippen LogP) is 4.15. The van der Waals surface area contributed by atoms with Gasteiger partial charge in [0.1, 0.15) is 10.1 Å². The van der Waals surface area contributed by atoms with E-state index in [0.717, 1.165) is 11.1 Å². The van der Waals surface area contributed by atoms with Gasteiger partial charge in [-0.25, -0.2) is 0 Å². The minimum absolute atomic E-state index is 0.0250. The minimum Gasteiger partial charge on any atom is -0.507 e.